The standard InChI is InChI=1S/C17H22N2O2/c20-16-11-15(18-12-13-7-3-1-4-8-13)17(21)19(16)14-9-5-2-6-10-14/h2,5-6,9-10,13,15,18H,1,3-4,7-8,11-12H2/t15-/m0/s1. The predicted molar refractivity (Wildman–Crippen MR) is 81.9 cm³/mol. The van der Waals surface area contributed by atoms with Crippen LogP contribution in [-0.2, 0) is 9.59 Å². The van der Waals surface area contributed by atoms with Crippen LogP contribution in [0.3, 0.4) is 0 Å². The number of nitrogens with zero attached hydrogens (tertiary/aromatic N) is 1. The Kier molecular flexibility index (Phi) is 4.34. The van der Waals surface area contributed by atoms with Gasteiger partial charge in [0, 0.05) is 0 Å². The van der Waals surface area contributed by atoms with E-state index in [0.29, 0.717) is 11.6 Å². The van der Waals surface area contributed by atoms with Gasteiger partial charge in [-0.1, -0.05) is 37.5 Å². The van der Waals surface area contributed by atoms with Crippen molar-refractivity contribution in [3.63, 3.8) is 0 Å². The molecule has 0 unspecified atom stereocenters. The summed E-state index contributed by atoms with van der Waals surface area (Å²) in [5.74, 6) is 0.446. The van der Waals surface area contributed by atoms with Crippen molar-refractivity contribution >= 4 is 17.5 Å². The van der Waals surface area contributed by atoms with Gasteiger partial charge in [0.05, 0.1) is 18.2 Å². The predicted octanol–water partition coefficient (Wildman–Crippen LogP) is 2.49. The van der Waals surface area contributed by atoms with Gasteiger partial charge < -0.3 is 5.32 Å². The number of amides is 2. The molecule has 1 saturated heterocycles. The van der Waals surface area contributed by atoms with Crippen LogP contribution in [0.1, 0.15) is 38.5 Å². The van der Waals surface area contributed by atoms with E-state index in [4.69, 9.17) is 0 Å². The van der Waals surface area contributed by atoms with Crippen LogP contribution < -0.4 is 10.2 Å². The van der Waals surface area contributed by atoms with E-state index in [1.54, 1.807) is 12.1 Å². The van der Waals surface area contributed by atoms with Crippen molar-refractivity contribution in [3.8, 4) is 0 Å². The minimum Gasteiger partial charge on any atom is -0.305 e. The van der Waals surface area contributed by atoms with Crippen molar-refractivity contribution in [1.29, 1.82) is 0 Å². The zero-order valence-electron chi connectivity index (χ0n) is 12.3. The van der Waals surface area contributed by atoms with Crippen molar-refractivity contribution in [3.05, 3.63) is 30.3 Å². The summed E-state index contributed by atoms with van der Waals surface area (Å²) < 4.78 is 0. The maximum Gasteiger partial charge on any atom is 0.251 e. The normalized spacial score (nSPS) is 23.8. The third-order valence-electron chi connectivity index (χ3n) is 4.54. The molecule has 1 aliphatic carbocycles. The van der Waals surface area contributed by atoms with Crippen LogP contribution in [0.25, 0.3) is 0 Å². The van der Waals surface area contributed by atoms with E-state index in [0.717, 1.165) is 6.54 Å². The fraction of sp³-hybridized carbons (Fsp3) is 0.529. The average molecular weight is 286 g/mol. The second-order valence-corrected chi connectivity index (χ2v) is 6.07. The van der Waals surface area contributed by atoms with E-state index < -0.39 is 0 Å². The first kappa shape index (κ1) is 14.3. The van der Waals surface area contributed by atoms with E-state index in [-0.39, 0.29) is 24.3 Å². The molecule has 0 bridgehead atoms. The maximum atomic E-state index is 12.4. The first-order valence-electron chi connectivity index (χ1n) is 7.91. The van der Waals surface area contributed by atoms with Gasteiger partial charge in [0.2, 0.25) is 5.91 Å². The van der Waals surface area contributed by atoms with Gasteiger partial charge in [0.1, 0.15) is 0 Å². The Morgan fingerprint density at radius 3 is 2.48 bits per heavy atom. The lowest BCUT2D eigenvalue weighted by Gasteiger charge is -2.23. The second kappa shape index (κ2) is 6.39. The lowest BCUT2D eigenvalue weighted by Crippen LogP contribution is -2.41. The van der Waals surface area contributed by atoms with Crippen molar-refractivity contribution in [2.45, 2.75) is 44.6 Å². The Morgan fingerprint density at radius 2 is 1.76 bits per heavy atom. The van der Waals surface area contributed by atoms with Crippen molar-refractivity contribution in [2.24, 2.45) is 5.92 Å². The molecule has 2 aliphatic rings. The highest BCUT2D eigenvalue weighted by Gasteiger charge is 2.39. The number of hydrogen-bond donors (Lipinski definition) is 1. The summed E-state index contributed by atoms with van der Waals surface area (Å²) >= 11 is 0. The smallest absolute Gasteiger partial charge is 0.251 e. The van der Waals surface area contributed by atoms with Gasteiger partial charge in [-0.25, -0.2) is 4.90 Å². The summed E-state index contributed by atoms with van der Waals surface area (Å²) in [7, 11) is 0. The lowest BCUT2D eigenvalue weighted by molar-refractivity contribution is -0.121. The number of nitrogens with one attached hydrogen (secondary N) is 1. The van der Waals surface area contributed by atoms with Gasteiger partial charge in [-0.2, -0.15) is 0 Å². The van der Waals surface area contributed by atoms with Crippen LogP contribution in [0.4, 0.5) is 5.69 Å². The highest BCUT2D eigenvalue weighted by molar-refractivity contribution is 6.22. The second-order valence-electron chi connectivity index (χ2n) is 6.07. The Labute approximate surface area is 125 Å². The molecule has 4 heteroatoms. The third kappa shape index (κ3) is 3.16. The van der Waals surface area contributed by atoms with E-state index in [9.17, 15) is 9.59 Å². The van der Waals surface area contributed by atoms with Gasteiger partial charge >= 0.3 is 0 Å². The molecule has 112 valence electrons. The van der Waals surface area contributed by atoms with Gasteiger partial charge in [-0.15, -0.1) is 0 Å². The molecule has 21 heavy (non-hydrogen) atoms. The number of benzene rings is 1. The summed E-state index contributed by atoms with van der Waals surface area (Å²) in [6.07, 6.45) is 6.67. The minimum atomic E-state index is -0.348. The molecular weight excluding hydrogens is 264 g/mol. The van der Waals surface area contributed by atoms with E-state index in [1.165, 1.54) is 37.0 Å². The number of para-hydroxylation sites is 1. The quantitative estimate of drug-likeness (QED) is 0.865. The van der Waals surface area contributed by atoms with Crippen LogP contribution in [0.15, 0.2) is 30.3 Å². The summed E-state index contributed by atoms with van der Waals surface area (Å²) in [5.41, 5.74) is 0.675. The lowest BCUT2D eigenvalue weighted by atomic mass is 9.89. The monoisotopic (exact) mass is 286 g/mol. The Hall–Kier alpha value is -1.68. The molecule has 4 nitrogen and oxygen atoms in total. The van der Waals surface area contributed by atoms with Gasteiger partial charge in [0.25, 0.3) is 5.91 Å². The number of imide groups is 1. The Morgan fingerprint density at radius 1 is 1.05 bits per heavy atom. The molecule has 2 amide bonds. The Balaban J connectivity index is 1.61. The zero-order chi connectivity index (χ0) is 14.7. The molecule has 0 aromatic heterocycles. The molecule has 1 atom stereocenters. The van der Waals surface area contributed by atoms with Crippen molar-refractivity contribution < 1.29 is 9.59 Å². The molecule has 2 fully saturated rings. The fourth-order valence-corrected chi connectivity index (χ4v) is 3.34. The summed E-state index contributed by atoms with van der Waals surface area (Å²) in [6.45, 7) is 0.853. The topological polar surface area (TPSA) is 49.4 Å². The number of carbonyl (C=O) groups is 2. The van der Waals surface area contributed by atoms with Crippen LogP contribution in [-0.4, -0.2) is 24.4 Å². The van der Waals surface area contributed by atoms with Crippen LogP contribution in [0.2, 0.25) is 0 Å². The van der Waals surface area contributed by atoms with Gasteiger partial charge in [0.15, 0.2) is 0 Å². The Bertz CT molecular complexity index is 509. The fourth-order valence-electron chi connectivity index (χ4n) is 3.34. The molecule has 0 radical (unpaired) electrons. The van der Waals surface area contributed by atoms with Crippen molar-refractivity contribution in [1.82, 2.24) is 5.32 Å². The highest BCUT2D eigenvalue weighted by atomic mass is 16.2. The molecule has 1 N–H and O–H groups in total. The first-order valence-corrected chi connectivity index (χ1v) is 7.91. The molecule has 1 heterocycles. The minimum absolute atomic E-state index is 0.104. The van der Waals surface area contributed by atoms with Crippen LogP contribution >= 0.6 is 0 Å². The summed E-state index contributed by atoms with van der Waals surface area (Å²) in [4.78, 5) is 25.9. The van der Waals surface area contributed by atoms with Gasteiger partial charge in [-0.05, 0) is 37.4 Å². The molecule has 1 aliphatic heterocycles. The van der Waals surface area contributed by atoms with E-state index in [2.05, 4.69) is 5.32 Å². The van der Waals surface area contributed by atoms with E-state index in [1.807, 2.05) is 18.2 Å². The number of rotatable bonds is 4. The van der Waals surface area contributed by atoms with Gasteiger partial charge in [-0.3, -0.25) is 9.59 Å². The number of carbonyl (C=O) groups excluding carboxylic acids is 2. The summed E-state index contributed by atoms with van der Waals surface area (Å²) in [6, 6.07) is 8.84. The number of anilines is 1. The molecule has 1 aromatic carbocycles. The highest BCUT2D eigenvalue weighted by Crippen LogP contribution is 2.25. The average Bonchev–Trinajstić information content (AvgIpc) is 2.81. The SMILES string of the molecule is O=C1C[C@H](NCC2CCCCC2)C(=O)N1c1ccccc1. The molecule has 3 rings (SSSR count). The largest absolute Gasteiger partial charge is 0.305 e. The molecule has 1 aromatic rings. The molecule has 0 spiro atoms. The van der Waals surface area contributed by atoms with Crippen LogP contribution in [0, 0.1) is 5.92 Å². The van der Waals surface area contributed by atoms with E-state index >= 15 is 0 Å². The maximum absolute atomic E-state index is 12.4. The third-order valence-corrected chi connectivity index (χ3v) is 4.54. The first-order chi connectivity index (χ1) is 10.3. The summed E-state index contributed by atoms with van der Waals surface area (Å²) in [5, 5.41) is 3.32. The zero-order valence-corrected chi connectivity index (χ0v) is 12.3. The molecule has 1 saturated carbocycles. The molecular formula is C17H22N2O2. The van der Waals surface area contributed by atoms with Crippen molar-refractivity contribution in [2.75, 3.05) is 11.4 Å². The van der Waals surface area contributed by atoms with Crippen LogP contribution in [0.5, 0.6) is 0 Å². The number of hydrogen-bond acceptors (Lipinski definition) is 3.